The number of fused-ring (bicyclic) bond motifs is 1. The Kier molecular flexibility index (Phi) is 3.91. The molecule has 3 heterocycles. The molecule has 25 heavy (non-hydrogen) atoms. The molecule has 2 amide bonds. The van der Waals surface area contributed by atoms with E-state index in [1.54, 1.807) is 6.20 Å². The SMILES string of the molecule is Cc1cc2nc(-c3n[nH]cc3NC(=O)N3CCCCC3)[nH]c2cc1C. The van der Waals surface area contributed by atoms with Crippen LogP contribution in [0.1, 0.15) is 30.4 Å². The molecule has 0 aliphatic carbocycles. The van der Waals surface area contributed by atoms with Crippen LogP contribution < -0.4 is 5.32 Å². The topological polar surface area (TPSA) is 89.7 Å². The number of nitrogens with zero attached hydrogens (tertiary/aromatic N) is 3. The summed E-state index contributed by atoms with van der Waals surface area (Å²) >= 11 is 0. The number of aryl methyl sites for hydroxylation is 2. The fourth-order valence-electron chi connectivity index (χ4n) is 3.24. The van der Waals surface area contributed by atoms with E-state index in [2.05, 4.69) is 51.5 Å². The molecular formula is C18H22N6O. The summed E-state index contributed by atoms with van der Waals surface area (Å²) in [5.41, 5.74) is 5.54. The number of anilines is 1. The molecular weight excluding hydrogens is 316 g/mol. The molecule has 1 aliphatic rings. The summed E-state index contributed by atoms with van der Waals surface area (Å²) in [6.45, 7) is 5.76. The second-order valence-corrected chi connectivity index (χ2v) is 6.66. The second kappa shape index (κ2) is 6.23. The van der Waals surface area contributed by atoms with Gasteiger partial charge in [0.25, 0.3) is 0 Å². The van der Waals surface area contributed by atoms with Gasteiger partial charge in [-0.2, -0.15) is 5.10 Å². The first-order valence-electron chi connectivity index (χ1n) is 8.69. The van der Waals surface area contributed by atoms with E-state index in [9.17, 15) is 4.79 Å². The van der Waals surface area contributed by atoms with Crippen molar-refractivity contribution < 1.29 is 4.79 Å². The van der Waals surface area contributed by atoms with Gasteiger partial charge < -0.3 is 15.2 Å². The molecule has 1 aliphatic heterocycles. The average Bonchev–Trinajstić information content (AvgIpc) is 3.22. The number of imidazole rings is 1. The minimum atomic E-state index is -0.0786. The van der Waals surface area contributed by atoms with Gasteiger partial charge in [0.05, 0.1) is 16.7 Å². The van der Waals surface area contributed by atoms with Crippen molar-refractivity contribution in [1.82, 2.24) is 25.1 Å². The zero-order valence-electron chi connectivity index (χ0n) is 14.5. The van der Waals surface area contributed by atoms with Gasteiger partial charge in [-0.15, -0.1) is 0 Å². The van der Waals surface area contributed by atoms with Crippen molar-refractivity contribution in [3.63, 3.8) is 0 Å². The lowest BCUT2D eigenvalue weighted by molar-refractivity contribution is 0.200. The number of urea groups is 1. The number of rotatable bonds is 2. The van der Waals surface area contributed by atoms with Crippen LogP contribution in [-0.2, 0) is 0 Å². The van der Waals surface area contributed by atoms with Gasteiger partial charge >= 0.3 is 6.03 Å². The molecule has 7 nitrogen and oxygen atoms in total. The zero-order valence-corrected chi connectivity index (χ0v) is 14.5. The summed E-state index contributed by atoms with van der Waals surface area (Å²) in [6.07, 6.45) is 5.02. The highest BCUT2D eigenvalue weighted by Gasteiger charge is 2.20. The van der Waals surface area contributed by atoms with Crippen LogP contribution in [0.25, 0.3) is 22.6 Å². The third-order valence-corrected chi connectivity index (χ3v) is 4.85. The maximum absolute atomic E-state index is 12.5. The van der Waals surface area contributed by atoms with Crippen LogP contribution in [0.4, 0.5) is 10.5 Å². The van der Waals surface area contributed by atoms with Gasteiger partial charge in [0, 0.05) is 19.3 Å². The zero-order chi connectivity index (χ0) is 17.4. The Hall–Kier alpha value is -2.83. The molecule has 3 aromatic rings. The standard InChI is InChI=1S/C18H22N6O/c1-11-8-13-14(9-12(11)2)21-17(20-13)16-15(10-19-23-16)22-18(25)24-6-4-3-5-7-24/h8-10H,3-7H2,1-2H3,(H,19,23)(H,20,21)(H,22,25). The first-order chi connectivity index (χ1) is 12.1. The summed E-state index contributed by atoms with van der Waals surface area (Å²) in [6, 6.07) is 4.06. The fraction of sp³-hybridized carbons (Fsp3) is 0.389. The molecule has 3 N–H and O–H groups in total. The number of hydrogen-bond donors (Lipinski definition) is 3. The maximum atomic E-state index is 12.5. The number of amides is 2. The summed E-state index contributed by atoms with van der Waals surface area (Å²) in [7, 11) is 0. The van der Waals surface area contributed by atoms with E-state index in [0.717, 1.165) is 37.0 Å². The van der Waals surface area contributed by atoms with E-state index in [-0.39, 0.29) is 6.03 Å². The number of carbonyl (C=O) groups is 1. The Morgan fingerprint density at radius 2 is 1.92 bits per heavy atom. The maximum Gasteiger partial charge on any atom is 0.321 e. The predicted molar refractivity (Wildman–Crippen MR) is 97.6 cm³/mol. The lowest BCUT2D eigenvalue weighted by Gasteiger charge is -2.26. The molecule has 1 aromatic carbocycles. The normalized spacial score (nSPS) is 14.9. The summed E-state index contributed by atoms with van der Waals surface area (Å²) in [5.74, 6) is 0.648. The van der Waals surface area contributed by atoms with Crippen molar-refractivity contribution in [2.24, 2.45) is 0 Å². The highest BCUT2D eigenvalue weighted by atomic mass is 16.2. The number of H-pyrrole nitrogens is 2. The smallest absolute Gasteiger partial charge is 0.321 e. The van der Waals surface area contributed by atoms with Crippen LogP contribution in [0.3, 0.4) is 0 Å². The first-order valence-corrected chi connectivity index (χ1v) is 8.69. The number of likely N-dealkylation sites (tertiary alicyclic amines) is 1. The van der Waals surface area contributed by atoms with Crippen LogP contribution in [0.5, 0.6) is 0 Å². The number of benzene rings is 1. The Bertz CT molecular complexity index is 880. The van der Waals surface area contributed by atoms with Gasteiger partial charge in [0.2, 0.25) is 0 Å². The van der Waals surface area contributed by atoms with E-state index in [0.29, 0.717) is 17.2 Å². The molecule has 0 radical (unpaired) electrons. The number of piperidine rings is 1. The van der Waals surface area contributed by atoms with Gasteiger partial charge in [-0.3, -0.25) is 5.10 Å². The quantitative estimate of drug-likeness (QED) is 0.667. The number of aromatic nitrogens is 4. The van der Waals surface area contributed by atoms with E-state index in [1.807, 2.05) is 4.90 Å². The van der Waals surface area contributed by atoms with Gasteiger partial charge in [0.1, 0.15) is 0 Å². The molecule has 7 heteroatoms. The molecule has 0 spiro atoms. The molecule has 0 saturated carbocycles. The molecule has 4 rings (SSSR count). The molecule has 0 atom stereocenters. The van der Waals surface area contributed by atoms with Crippen LogP contribution in [0.2, 0.25) is 0 Å². The molecule has 130 valence electrons. The van der Waals surface area contributed by atoms with Crippen molar-refractivity contribution in [2.45, 2.75) is 33.1 Å². The lowest BCUT2D eigenvalue weighted by Crippen LogP contribution is -2.38. The monoisotopic (exact) mass is 338 g/mol. The van der Waals surface area contributed by atoms with E-state index >= 15 is 0 Å². The van der Waals surface area contributed by atoms with E-state index in [4.69, 9.17) is 0 Å². The Morgan fingerprint density at radius 1 is 1.16 bits per heavy atom. The minimum Gasteiger partial charge on any atom is -0.337 e. The number of carbonyl (C=O) groups excluding carboxylic acids is 1. The molecule has 1 saturated heterocycles. The van der Waals surface area contributed by atoms with Gasteiger partial charge in [-0.1, -0.05) is 0 Å². The fourth-order valence-corrected chi connectivity index (χ4v) is 3.24. The third-order valence-electron chi connectivity index (χ3n) is 4.85. The van der Waals surface area contributed by atoms with Crippen LogP contribution in [0.15, 0.2) is 18.3 Å². The number of aromatic amines is 2. The summed E-state index contributed by atoms with van der Waals surface area (Å²) in [5, 5.41) is 10.1. The van der Waals surface area contributed by atoms with Crippen LogP contribution in [-0.4, -0.2) is 44.2 Å². The highest BCUT2D eigenvalue weighted by molar-refractivity contribution is 5.93. The summed E-state index contributed by atoms with van der Waals surface area (Å²) in [4.78, 5) is 22.2. The average molecular weight is 338 g/mol. The van der Waals surface area contributed by atoms with Crippen molar-refractivity contribution >= 4 is 22.8 Å². The second-order valence-electron chi connectivity index (χ2n) is 6.66. The van der Waals surface area contributed by atoms with Crippen molar-refractivity contribution in [3.05, 3.63) is 29.5 Å². The summed E-state index contributed by atoms with van der Waals surface area (Å²) < 4.78 is 0. The van der Waals surface area contributed by atoms with Gasteiger partial charge in [-0.25, -0.2) is 9.78 Å². The predicted octanol–water partition coefficient (Wildman–Crippen LogP) is 3.59. The molecule has 0 bridgehead atoms. The van der Waals surface area contributed by atoms with Crippen LogP contribution >= 0.6 is 0 Å². The number of hydrogen-bond acceptors (Lipinski definition) is 3. The largest absolute Gasteiger partial charge is 0.337 e. The Balaban J connectivity index is 1.61. The minimum absolute atomic E-state index is 0.0786. The van der Waals surface area contributed by atoms with Gasteiger partial charge in [-0.05, 0) is 56.4 Å². The van der Waals surface area contributed by atoms with E-state index in [1.165, 1.54) is 17.5 Å². The Morgan fingerprint density at radius 3 is 2.72 bits per heavy atom. The van der Waals surface area contributed by atoms with Crippen molar-refractivity contribution in [3.8, 4) is 11.5 Å². The van der Waals surface area contributed by atoms with Crippen LogP contribution in [0, 0.1) is 13.8 Å². The first kappa shape index (κ1) is 15.7. The van der Waals surface area contributed by atoms with Crippen molar-refractivity contribution in [2.75, 3.05) is 18.4 Å². The highest BCUT2D eigenvalue weighted by Crippen LogP contribution is 2.27. The van der Waals surface area contributed by atoms with E-state index < -0.39 is 0 Å². The molecule has 1 fully saturated rings. The molecule has 0 unspecified atom stereocenters. The third kappa shape index (κ3) is 2.97. The van der Waals surface area contributed by atoms with Gasteiger partial charge in [0.15, 0.2) is 11.5 Å². The van der Waals surface area contributed by atoms with Crippen molar-refractivity contribution in [1.29, 1.82) is 0 Å². The Labute approximate surface area is 145 Å². The lowest BCUT2D eigenvalue weighted by atomic mass is 10.1. The number of nitrogens with one attached hydrogen (secondary N) is 3. The molecule has 2 aromatic heterocycles.